The minimum absolute atomic E-state index is 0.0808. The van der Waals surface area contributed by atoms with Gasteiger partial charge >= 0.3 is 0 Å². The highest BCUT2D eigenvalue weighted by Crippen LogP contribution is 2.19. The van der Waals surface area contributed by atoms with Gasteiger partial charge in [0.2, 0.25) is 0 Å². The summed E-state index contributed by atoms with van der Waals surface area (Å²) in [5.74, 6) is 0.535. The lowest BCUT2D eigenvalue weighted by Gasteiger charge is -2.07. The maximum Gasteiger partial charge on any atom is 0.251 e. The summed E-state index contributed by atoms with van der Waals surface area (Å²) >= 11 is 0. The van der Waals surface area contributed by atoms with Gasteiger partial charge in [-0.15, -0.1) is 0 Å². The predicted molar refractivity (Wildman–Crippen MR) is 91.1 cm³/mol. The smallest absolute Gasteiger partial charge is 0.251 e. The molecule has 0 saturated heterocycles. The number of benzene rings is 2. The summed E-state index contributed by atoms with van der Waals surface area (Å²) in [5, 5.41) is 5.79. The monoisotopic (exact) mass is 324 g/mol. The zero-order valence-electron chi connectivity index (χ0n) is 13.5. The van der Waals surface area contributed by atoms with Crippen molar-refractivity contribution in [3.8, 4) is 5.75 Å². The van der Waals surface area contributed by atoms with Crippen LogP contribution in [-0.2, 0) is 6.54 Å². The van der Waals surface area contributed by atoms with Gasteiger partial charge in [-0.05, 0) is 54.8 Å². The molecule has 0 aromatic heterocycles. The second-order valence-electron chi connectivity index (χ2n) is 5.86. The van der Waals surface area contributed by atoms with E-state index in [1.54, 1.807) is 31.4 Å². The van der Waals surface area contributed by atoms with E-state index in [1.165, 1.54) is 0 Å². The largest absolute Gasteiger partial charge is 0.497 e. The molecule has 5 heteroatoms. The highest BCUT2D eigenvalue weighted by molar-refractivity contribution is 5.98. The van der Waals surface area contributed by atoms with Crippen molar-refractivity contribution >= 4 is 11.8 Å². The Morgan fingerprint density at radius 3 is 2.08 bits per heavy atom. The van der Waals surface area contributed by atoms with Crippen molar-refractivity contribution in [2.45, 2.75) is 25.4 Å². The minimum atomic E-state index is -0.167. The molecule has 24 heavy (non-hydrogen) atoms. The summed E-state index contributed by atoms with van der Waals surface area (Å²) < 4.78 is 5.10. The van der Waals surface area contributed by atoms with Gasteiger partial charge in [0.25, 0.3) is 11.8 Å². The molecular weight excluding hydrogens is 304 g/mol. The minimum Gasteiger partial charge on any atom is -0.497 e. The molecule has 3 rings (SSSR count). The summed E-state index contributed by atoms with van der Waals surface area (Å²) in [7, 11) is 1.62. The first kappa shape index (κ1) is 16.1. The van der Waals surface area contributed by atoms with Crippen LogP contribution in [0, 0.1) is 0 Å². The van der Waals surface area contributed by atoms with Crippen molar-refractivity contribution in [2.24, 2.45) is 0 Å². The number of carbonyl (C=O) groups excluding carboxylic acids is 2. The zero-order valence-corrected chi connectivity index (χ0v) is 13.5. The molecule has 0 bridgehead atoms. The van der Waals surface area contributed by atoms with Crippen LogP contribution in [0.15, 0.2) is 48.5 Å². The van der Waals surface area contributed by atoms with Crippen LogP contribution in [0.25, 0.3) is 0 Å². The van der Waals surface area contributed by atoms with Crippen LogP contribution in [0.5, 0.6) is 5.75 Å². The Morgan fingerprint density at radius 1 is 0.958 bits per heavy atom. The highest BCUT2D eigenvalue weighted by Gasteiger charge is 2.23. The molecule has 124 valence electrons. The fourth-order valence-corrected chi connectivity index (χ4v) is 2.30. The molecule has 2 amide bonds. The van der Waals surface area contributed by atoms with Crippen LogP contribution in [0.2, 0.25) is 0 Å². The van der Waals surface area contributed by atoms with Gasteiger partial charge < -0.3 is 15.4 Å². The van der Waals surface area contributed by atoms with Gasteiger partial charge in [-0.1, -0.05) is 12.1 Å². The summed E-state index contributed by atoms with van der Waals surface area (Å²) in [6.45, 7) is 0.437. The lowest BCUT2D eigenvalue weighted by atomic mass is 10.1. The van der Waals surface area contributed by atoms with Crippen LogP contribution in [0.4, 0.5) is 0 Å². The van der Waals surface area contributed by atoms with Crippen molar-refractivity contribution in [3.63, 3.8) is 0 Å². The molecule has 2 N–H and O–H groups in total. The van der Waals surface area contributed by atoms with E-state index < -0.39 is 0 Å². The molecule has 5 nitrogen and oxygen atoms in total. The maximum atomic E-state index is 12.2. The highest BCUT2D eigenvalue weighted by atomic mass is 16.5. The van der Waals surface area contributed by atoms with Crippen LogP contribution in [0.3, 0.4) is 0 Å². The van der Waals surface area contributed by atoms with Crippen LogP contribution >= 0.6 is 0 Å². The third kappa shape index (κ3) is 4.13. The standard InChI is InChI=1S/C19H20N2O3/c1-24-17-10-2-13(3-11-17)12-20-18(22)14-4-6-15(7-5-14)19(23)21-16-8-9-16/h2-7,10-11,16H,8-9,12H2,1H3,(H,20,22)(H,21,23). The fourth-order valence-electron chi connectivity index (χ4n) is 2.30. The van der Waals surface area contributed by atoms with Crippen LogP contribution < -0.4 is 15.4 Å². The Bertz CT molecular complexity index is 719. The normalized spacial score (nSPS) is 13.2. The molecule has 0 spiro atoms. The van der Waals surface area contributed by atoms with E-state index >= 15 is 0 Å². The molecule has 0 heterocycles. The van der Waals surface area contributed by atoms with Gasteiger partial charge in [-0.3, -0.25) is 9.59 Å². The number of hydrogen-bond acceptors (Lipinski definition) is 3. The molecule has 0 atom stereocenters. The first-order chi connectivity index (χ1) is 11.7. The average Bonchev–Trinajstić information content (AvgIpc) is 3.44. The summed E-state index contributed by atoms with van der Waals surface area (Å²) in [6.07, 6.45) is 2.11. The van der Waals surface area contributed by atoms with Gasteiger partial charge in [-0.25, -0.2) is 0 Å². The van der Waals surface area contributed by atoms with Gasteiger partial charge in [0.15, 0.2) is 0 Å². The Kier molecular flexibility index (Phi) is 4.79. The Morgan fingerprint density at radius 2 is 1.54 bits per heavy atom. The number of hydrogen-bond donors (Lipinski definition) is 2. The summed E-state index contributed by atoms with van der Waals surface area (Å²) in [5.41, 5.74) is 2.10. The first-order valence-corrected chi connectivity index (χ1v) is 7.98. The van der Waals surface area contributed by atoms with E-state index in [2.05, 4.69) is 10.6 Å². The molecule has 1 fully saturated rings. The molecule has 1 aliphatic carbocycles. The van der Waals surface area contributed by atoms with E-state index in [0.717, 1.165) is 24.2 Å². The van der Waals surface area contributed by atoms with Gasteiger partial charge in [0.1, 0.15) is 5.75 Å². The third-order valence-electron chi connectivity index (χ3n) is 3.93. The average molecular weight is 324 g/mol. The van der Waals surface area contributed by atoms with E-state index in [0.29, 0.717) is 23.7 Å². The van der Waals surface area contributed by atoms with Gasteiger partial charge in [0.05, 0.1) is 7.11 Å². The van der Waals surface area contributed by atoms with E-state index in [9.17, 15) is 9.59 Å². The van der Waals surface area contributed by atoms with Crippen LogP contribution in [0.1, 0.15) is 39.1 Å². The molecule has 2 aromatic rings. The van der Waals surface area contributed by atoms with Crippen LogP contribution in [-0.4, -0.2) is 25.0 Å². The molecule has 1 saturated carbocycles. The van der Waals surface area contributed by atoms with E-state index in [1.807, 2.05) is 24.3 Å². The van der Waals surface area contributed by atoms with Crippen molar-refractivity contribution in [2.75, 3.05) is 7.11 Å². The lowest BCUT2D eigenvalue weighted by molar-refractivity contribution is 0.0939. The van der Waals surface area contributed by atoms with Gasteiger partial charge in [-0.2, -0.15) is 0 Å². The number of rotatable bonds is 6. The Hall–Kier alpha value is -2.82. The SMILES string of the molecule is COc1ccc(CNC(=O)c2ccc(C(=O)NC3CC3)cc2)cc1. The second-order valence-corrected chi connectivity index (χ2v) is 5.86. The number of nitrogens with one attached hydrogen (secondary N) is 2. The fraction of sp³-hybridized carbons (Fsp3) is 0.263. The number of amides is 2. The van der Waals surface area contributed by atoms with E-state index in [4.69, 9.17) is 4.74 Å². The quantitative estimate of drug-likeness (QED) is 0.858. The number of ether oxygens (including phenoxy) is 1. The number of methoxy groups -OCH3 is 1. The second kappa shape index (κ2) is 7.17. The predicted octanol–water partition coefficient (Wildman–Crippen LogP) is 2.52. The summed E-state index contributed by atoms with van der Waals surface area (Å²) in [6, 6.07) is 14.6. The Labute approximate surface area is 141 Å². The van der Waals surface area contributed by atoms with Gasteiger partial charge in [0, 0.05) is 23.7 Å². The van der Waals surface area contributed by atoms with E-state index in [-0.39, 0.29) is 11.8 Å². The Balaban J connectivity index is 1.54. The number of carbonyl (C=O) groups is 2. The zero-order chi connectivity index (χ0) is 16.9. The summed E-state index contributed by atoms with van der Waals surface area (Å²) in [4.78, 5) is 24.1. The molecule has 0 unspecified atom stereocenters. The van der Waals surface area contributed by atoms with Crippen molar-refractivity contribution in [3.05, 3.63) is 65.2 Å². The molecular formula is C19H20N2O3. The molecule has 0 aliphatic heterocycles. The van der Waals surface area contributed by atoms with Crippen molar-refractivity contribution in [1.82, 2.24) is 10.6 Å². The molecule has 1 aliphatic rings. The molecule has 2 aromatic carbocycles. The maximum absolute atomic E-state index is 12.2. The topological polar surface area (TPSA) is 67.4 Å². The van der Waals surface area contributed by atoms with Crippen molar-refractivity contribution < 1.29 is 14.3 Å². The molecule has 0 radical (unpaired) electrons. The lowest BCUT2D eigenvalue weighted by Crippen LogP contribution is -2.26. The van der Waals surface area contributed by atoms with Crippen molar-refractivity contribution in [1.29, 1.82) is 0 Å². The first-order valence-electron chi connectivity index (χ1n) is 7.98. The third-order valence-corrected chi connectivity index (χ3v) is 3.93.